The Morgan fingerprint density at radius 2 is 1.76 bits per heavy atom. The highest BCUT2D eigenvalue weighted by molar-refractivity contribution is 5.96. The van der Waals surface area contributed by atoms with Crippen LogP contribution in [0, 0.1) is 5.82 Å². The van der Waals surface area contributed by atoms with Gasteiger partial charge in [-0.15, -0.1) is 0 Å². The minimum Gasteiger partial charge on any atom is -0.493 e. The molecule has 0 aliphatic carbocycles. The first-order valence-corrected chi connectivity index (χ1v) is 7.95. The summed E-state index contributed by atoms with van der Waals surface area (Å²) in [6, 6.07) is 8.07. The number of methoxy groups -OCH3 is 3. The van der Waals surface area contributed by atoms with Crippen LogP contribution < -0.4 is 19.1 Å². The van der Waals surface area contributed by atoms with Gasteiger partial charge in [0.15, 0.2) is 11.5 Å². The summed E-state index contributed by atoms with van der Waals surface area (Å²) in [6.45, 7) is 0.558. The van der Waals surface area contributed by atoms with Crippen LogP contribution in [-0.4, -0.2) is 33.8 Å². The van der Waals surface area contributed by atoms with Gasteiger partial charge in [-0.05, 0) is 41.8 Å². The van der Waals surface area contributed by atoms with E-state index in [1.54, 1.807) is 23.1 Å². The molecular weight excluding hydrogens is 325 g/mol. The van der Waals surface area contributed by atoms with Gasteiger partial charge in [0.2, 0.25) is 11.7 Å². The molecule has 1 heterocycles. The highest BCUT2D eigenvalue weighted by Crippen LogP contribution is 2.38. The van der Waals surface area contributed by atoms with Gasteiger partial charge >= 0.3 is 0 Å². The Bertz CT molecular complexity index is 781. The average Bonchev–Trinajstić information content (AvgIpc) is 3.03. The molecule has 25 heavy (non-hydrogen) atoms. The number of carbonyl (C=O) groups excluding carboxylic acids is 1. The molecule has 0 unspecified atom stereocenters. The molecule has 1 amide bonds. The minimum absolute atomic E-state index is 0.0985. The van der Waals surface area contributed by atoms with Crippen LogP contribution in [0.1, 0.15) is 11.1 Å². The molecule has 0 N–H and O–H groups in total. The average molecular weight is 345 g/mol. The smallest absolute Gasteiger partial charge is 0.231 e. The first kappa shape index (κ1) is 17.1. The molecule has 6 heteroatoms. The maximum absolute atomic E-state index is 13.5. The SMILES string of the molecule is COc1cc(CC(=O)N2CCc3ccc(F)cc32)cc(OC)c1OC. The van der Waals surface area contributed by atoms with Crippen molar-refractivity contribution >= 4 is 11.6 Å². The van der Waals surface area contributed by atoms with E-state index < -0.39 is 0 Å². The number of halogens is 1. The van der Waals surface area contributed by atoms with Crippen LogP contribution in [0.15, 0.2) is 30.3 Å². The molecule has 132 valence electrons. The van der Waals surface area contributed by atoms with Gasteiger partial charge in [0.1, 0.15) is 5.82 Å². The fourth-order valence-electron chi connectivity index (χ4n) is 3.12. The lowest BCUT2D eigenvalue weighted by molar-refractivity contribution is -0.117. The zero-order valence-electron chi connectivity index (χ0n) is 14.5. The maximum atomic E-state index is 13.5. The molecule has 5 nitrogen and oxygen atoms in total. The summed E-state index contributed by atoms with van der Waals surface area (Å²) in [6.07, 6.45) is 0.892. The number of carbonyl (C=O) groups is 1. The van der Waals surface area contributed by atoms with Gasteiger partial charge in [0.25, 0.3) is 0 Å². The molecule has 3 rings (SSSR count). The Morgan fingerprint density at radius 3 is 2.36 bits per heavy atom. The Labute approximate surface area is 145 Å². The largest absolute Gasteiger partial charge is 0.493 e. The Hall–Kier alpha value is -2.76. The van der Waals surface area contributed by atoms with E-state index in [9.17, 15) is 9.18 Å². The molecule has 1 aliphatic rings. The topological polar surface area (TPSA) is 48.0 Å². The zero-order valence-corrected chi connectivity index (χ0v) is 14.5. The van der Waals surface area contributed by atoms with Gasteiger partial charge in [-0.25, -0.2) is 4.39 Å². The fraction of sp³-hybridized carbons (Fsp3) is 0.316. The third-order valence-corrected chi connectivity index (χ3v) is 4.32. The first-order chi connectivity index (χ1) is 12.1. The van der Waals surface area contributed by atoms with E-state index in [4.69, 9.17) is 14.2 Å². The van der Waals surface area contributed by atoms with Crippen LogP contribution in [0.5, 0.6) is 17.2 Å². The van der Waals surface area contributed by atoms with Crippen molar-refractivity contribution in [1.29, 1.82) is 0 Å². The molecule has 0 bridgehead atoms. The van der Waals surface area contributed by atoms with Gasteiger partial charge in [0, 0.05) is 12.2 Å². The number of amides is 1. The van der Waals surface area contributed by atoms with Gasteiger partial charge < -0.3 is 19.1 Å². The van der Waals surface area contributed by atoms with E-state index in [0.29, 0.717) is 29.5 Å². The van der Waals surface area contributed by atoms with Crippen LogP contribution in [0.25, 0.3) is 0 Å². The second-order valence-corrected chi connectivity index (χ2v) is 5.78. The van der Waals surface area contributed by atoms with Crippen molar-refractivity contribution in [2.24, 2.45) is 0 Å². The molecule has 2 aromatic rings. The molecule has 0 spiro atoms. The molecule has 0 saturated heterocycles. The normalized spacial score (nSPS) is 12.7. The number of hydrogen-bond acceptors (Lipinski definition) is 4. The standard InChI is InChI=1S/C19H20FNO4/c1-23-16-8-12(9-17(24-2)19(16)25-3)10-18(22)21-7-6-13-4-5-14(20)11-15(13)21/h4-5,8-9,11H,6-7,10H2,1-3H3. The van der Waals surface area contributed by atoms with Crippen molar-refractivity contribution in [2.75, 3.05) is 32.8 Å². The summed E-state index contributed by atoms with van der Waals surface area (Å²) < 4.78 is 29.5. The summed E-state index contributed by atoms with van der Waals surface area (Å²) in [5.74, 6) is 1.04. The maximum Gasteiger partial charge on any atom is 0.231 e. The first-order valence-electron chi connectivity index (χ1n) is 7.95. The van der Waals surface area contributed by atoms with E-state index in [0.717, 1.165) is 17.5 Å². The Morgan fingerprint density at radius 1 is 1.08 bits per heavy atom. The second kappa shape index (κ2) is 7.01. The van der Waals surface area contributed by atoms with Crippen molar-refractivity contribution in [1.82, 2.24) is 0 Å². The Kier molecular flexibility index (Phi) is 4.79. The summed E-state index contributed by atoms with van der Waals surface area (Å²) in [5, 5.41) is 0. The van der Waals surface area contributed by atoms with Crippen molar-refractivity contribution in [3.8, 4) is 17.2 Å². The van der Waals surface area contributed by atoms with Crippen LogP contribution in [-0.2, 0) is 17.6 Å². The number of rotatable bonds is 5. The molecule has 0 saturated carbocycles. The van der Waals surface area contributed by atoms with E-state index in [-0.39, 0.29) is 18.1 Å². The third kappa shape index (κ3) is 3.24. The van der Waals surface area contributed by atoms with E-state index >= 15 is 0 Å². The molecule has 1 aliphatic heterocycles. The van der Waals surface area contributed by atoms with Crippen molar-refractivity contribution in [3.63, 3.8) is 0 Å². The van der Waals surface area contributed by atoms with Crippen LogP contribution in [0.4, 0.5) is 10.1 Å². The number of nitrogens with zero attached hydrogens (tertiary/aromatic N) is 1. The third-order valence-electron chi connectivity index (χ3n) is 4.32. The van der Waals surface area contributed by atoms with Crippen LogP contribution >= 0.6 is 0 Å². The monoisotopic (exact) mass is 345 g/mol. The zero-order chi connectivity index (χ0) is 18.0. The summed E-state index contributed by atoms with van der Waals surface area (Å²) in [5.41, 5.74) is 2.38. The predicted molar refractivity (Wildman–Crippen MR) is 92.3 cm³/mol. The number of fused-ring (bicyclic) bond motifs is 1. The quantitative estimate of drug-likeness (QED) is 0.836. The van der Waals surface area contributed by atoms with E-state index in [1.807, 2.05) is 0 Å². The molecule has 2 aromatic carbocycles. The number of anilines is 1. The summed E-state index contributed by atoms with van der Waals surface area (Å²) in [4.78, 5) is 14.4. The summed E-state index contributed by atoms with van der Waals surface area (Å²) >= 11 is 0. The van der Waals surface area contributed by atoms with Crippen molar-refractivity contribution in [3.05, 3.63) is 47.3 Å². The molecular formula is C19H20FNO4. The summed E-state index contributed by atoms with van der Waals surface area (Å²) in [7, 11) is 4.59. The molecule has 0 radical (unpaired) electrons. The van der Waals surface area contributed by atoms with Crippen LogP contribution in [0.2, 0.25) is 0 Å². The molecule has 0 aromatic heterocycles. The van der Waals surface area contributed by atoms with E-state index in [1.165, 1.54) is 33.5 Å². The highest BCUT2D eigenvalue weighted by atomic mass is 19.1. The predicted octanol–water partition coefficient (Wildman–Crippen LogP) is 2.98. The Balaban J connectivity index is 1.86. The van der Waals surface area contributed by atoms with Gasteiger partial charge in [-0.3, -0.25) is 4.79 Å². The highest BCUT2D eigenvalue weighted by Gasteiger charge is 2.25. The molecule has 0 fully saturated rings. The number of ether oxygens (including phenoxy) is 3. The van der Waals surface area contributed by atoms with Gasteiger partial charge in [0.05, 0.1) is 27.8 Å². The van der Waals surface area contributed by atoms with Crippen LogP contribution in [0.3, 0.4) is 0 Å². The van der Waals surface area contributed by atoms with Gasteiger partial charge in [-0.2, -0.15) is 0 Å². The van der Waals surface area contributed by atoms with E-state index in [2.05, 4.69) is 0 Å². The minimum atomic E-state index is -0.341. The fourth-order valence-corrected chi connectivity index (χ4v) is 3.12. The number of hydrogen-bond donors (Lipinski definition) is 0. The van der Waals surface area contributed by atoms with Crippen molar-refractivity contribution < 1.29 is 23.4 Å². The van der Waals surface area contributed by atoms with Gasteiger partial charge in [-0.1, -0.05) is 6.07 Å². The lowest BCUT2D eigenvalue weighted by Gasteiger charge is -2.19. The number of benzene rings is 2. The lowest BCUT2D eigenvalue weighted by Crippen LogP contribution is -2.30. The van der Waals surface area contributed by atoms with Crippen molar-refractivity contribution in [2.45, 2.75) is 12.8 Å². The molecule has 0 atom stereocenters. The lowest BCUT2D eigenvalue weighted by atomic mass is 10.1. The second-order valence-electron chi connectivity index (χ2n) is 5.78.